The highest BCUT2D eigenvalue weighted by atomic mass is 28.4. The number of amides is 2. The Labute approximate surface area is 225 Å². The molecule has 1 aliphatic heterocycles. The summed E-state index contributed by atoms with van der Waals surface area (Å²) in [6, 6.07) is 13.6. The second-order valence-corrected chi connectivity index (χ2v) is 22.6. The lowest BCUT2D eigenvalue weighted by Crippen LogP contribution is -2.87. The third-order valence-electron chi connectivity index (χ3n) is 8.55. The van der Waals surface area contributed by atoms with E-state index < -0.39 is 15.9 Å². The molecule has 2 aliphatic rings. The molecule has 2 amide bonds. The van der Waals surface area contributed by atoms with E-state index >= 15 is 0 Å². The molecule has 0 spiro atoms. The SMILES string of the molecule is CC(C)C1=C(NC(=O)[Si](C)(C)B2NC(=O)[Si]2(C)C)c2c(cccc2-c2cc(C(C)C)cc(C(C)C)c2)C1. The largest absolute Gasteiger partial charge is 0.408 e. The Morgan fingerprint density at radius 3 is 2.05 bits per heavy atom. The first-order chi connectivity index (χ1) is 17.2. The van der Waals surface area contributed by atoms with Crippen molar-refractivity contribution in [2.75, 3.05) is 0 Å². The third-order valence-corrected chi connectivity index (χ3v) is 18.7. The highest BCUT2D eigenvalue weighted by Crippen LogP contribution is 2.42. The number of rotatable bonds is 7. The van der Waals surface area contributed by atoms with Crippen molar-refractivity contribution in [2.24, 2.45) is 5.92 Å². The van der Waals surface area contributed by atoms with Gasteiger partial charge in [-0.2, -0.15) is 0 Å². The predicted molar refractivity (Wildman–Crippen MR) is 163 cm³/mol. The van der Waals surface area contributed by atoms with Crippen LogP contribution in [0.25, 0.3) is 16.8 Å². The molecule has 0 aromatic heterocycles. The summed E-state index contributed by atoms with van der Waals surface area (Å²) in [7, 11) is -4.56. The van der Waals surface area contributed by atoms with E-state index in [1.165, 1.54) is 39.0 Å². The van der Waals surface area contributed by atoms with Gasteiger partial charge in [0, 0.05) is 11.3 Å². The second kappa shape index (κ2) is 9.73. The summed E-state index contributed by atoms with van der Waals surface area (Å²) in [5.74, 6) is 1.20. The van der Waals surface area contributed by atoms with Crippen LogP contribution in [0.15, 0.2) is 42.0 Å². The van der Waals surface area contributed by atoms with E-state index in [0.29, 0.717) is 17.8 Å². The van der Waals surface area contributed by atoms with E-state index in [9.17, 15) is 9.59 Å². The number of benzene rings is 2. The summed E-state index contributed by atoms with van der Waals surface area (Å²) in [6.07, 6.45) is 0.861. The first kappa shape index (κ1) is 27.6. The molecule has 1 aliphatic carbocycles. The first-order valence-corrected chi connectivity index (χ1v) is 19.9. The quantitative estimate of drug-likeness (QED) is 0.361. The van der Waals surface area contributed by atoms with Crippen molar-refractivity contribution >= 4 is 38.7 Å². The van der Waals surface area contributed by atoms with Crippen molar-refractivity contribution in [1.29, 1.82) is 0 Å². The van der Waals surface area contributed by atoms with Gasteiger partial charge >= 0.3 is 0 Å². The molecule has 4 nitrogen and oxygen atoms in total. The van der Waals surface area contributed by atoms with Crippen LogP contribution in [0, 0.1) is 5.92 Å². The number of carbonyl (C=O) groups is 2. The number of allylic oxidation sites excluding steroid dienone is 1. The maximum absolute atomic E-state index is 13.9. The topological polar surface area (TPSA) is 58.2 Å². The molecule has 0 saturated carbocycles. The summed E-state index contributed by atoms with van der Waals surface area (Å²) in [4.78, 5) is 26.2. The van der Waals surface area contributed by atoms with Crippen LogP contribution < -0.4 is 10.5 Å². The average Bonchev–Trinajstić information content (AvgIpc) is 3.20. The Balaban J connectivity index is 1.81. The zero-order chi connectivity index (χ0) is 27.4. The van der Waals surface area contributed by atoms with E-state index in [-0.39, 0.29) is 17.1 Å². The van der Waals surface area contributed by atoms with Crippen LogP contribution in [0.2, 0.25) is 26.2 Å². The molecule has 0 atom stereocenters. The van der Waals surface area contributed by atoms with Crippen LogP contribution in [-0.2, 0) is 6.42 Å². The summed E-state index contributed by atoms with van der Waals surface area (Å²) >= 11 is 0. The Bertz CT molecular complexity index is 1270. The van der Waals surface area contributed by atoms with Crippen molar-refractivity contribution in [3.63, 3.8) is 0 Å². The Morgan fingerprint density at radius 2 is 1.57 bits per heavy atom. The van der Waals surface area contributed by atoms with Crippen molar-refractivity contribution in [3.05, 3.63) is 64.2 Å². The monoisotopic (exact) mass is 530 g/mol. The highest BCUT2D eigenvalue weighted by Gasteiger charge is 2.63. The van der Waals surface area contributed by atoms with Crippen LogP contribution in [0.4, 0.5) is 9.59 Å². The maximum atomic E-state index is 13.9. The normalized spacial score (nSPS) is 16.9. The number of fused-ring (bicyclic) bond motifs is 1. The third kappa shape index (κ3) is 4.81. The molecule has 0 bridgehead atoms. The van der Waals surface area contributed by atoms with E-state index in [2.05, 4.69) is 115 Å². The highest BCUT2D eigenvalue weighted by molar-refractivity contribution is 7.75. The molecule has 196 valence electrons. The molecule has 0 unspecified atom stereocenters. The van der Waals surface area contributed by atoms with E-state index in [1.807, 2.05) is 0 Å². The lowest BCUT2D eigenvalue weighted by molar-refractivity contribution is 0.261. The van der Waals surface area contributed by atoms with Crippen LogP contribution in [0.1, 0.15) is 75.6 Å². The van der Waals surface area contributed by atoms with E-state index in [1.54, 1.807) is 0 Å². The zero-order valence-corrected chi connectivity index (χ0v) is 26.3. The minimum absolute atomic E-state index is 0.0584. The van der Waals surface area contributed by atoms with Crippen LogP contribution >= 0.6 is 0 Å². The fraction of sp³-hybridized carbons (Fsp3) is 0.467. The van der Waals surface area contributed by atoms with Gasteiger partial charge in [-0.3, -0.25) is 9.59 Å². The number of carbonyl (C=O) groups excluding carboxylic acids is 2. The van der Waals surface area contributed by atoms with E-state index in [4.69, 9.17) is 0 Å². The fourth-order valence-electron chi connectivity index (χ4n) is 5.91. The molecule has 2 aromatic carbocycles. The van der Waals surface area contributed by atoms with Gasteiger partial charge in [-0.1, -0.05) is 104 Å². The second-order valence-electron chi connectivity index (χ2n) is 13.1. The summed E-state index contributed by atoms with van der Waals surface area (Å²) in [5, 5.41) is 6.58. The van der Waals surface area contributed by atoms with Crippen LogP contribution in [-0.4, -0.2) is 33.0 Å². The standard InChI is InChI=1S/C30H43BN2O2Si2/c1-18(2)22-14-23(19(3)4)16-24(15-22)25-13-11-12-21-17-26(20(5)6)28(27(21)25)32-29(34)36(7,8)31-33-30(35)37(31,9)10/h11-16,18-20H,17H2,1-10H3,(H,32,34)(H,33,35). The molecule has 4 rings (SSSR count). The molecule has 37 heavy (non-hydrogen) atoms. The fourth-order valence-corrected chi connectivity index (χ4v) is 16.3. The Hall–Kier alpha value is -2.38. The van der Waals surface area contributed by atoms with Crippen LogP contribution in [0.5, 0.6) is 0 Å². The molecule has 7 heteroatoms. The van der Waals surface area contributed by atoms with Crippen molar-refractivity contribution in [1.82, 2.24) is 10.5 Å². The van der Waals surface area contributed by atoms with Gasteiger partial charge in [0.25, 0.3) is 6.03 Å². The smallest absolute Gasteiger partial charge is 0.254 e. The molecule has 2 N–H and O–H groups in total. The molecule has 1 heterocycles. The van der Waals surface area contributed by atoms with Crippen LogP contribution in [0.3, 0.4) is 0 Å². The Kier molecular flexibility index (Phi) is 7.27. The minimum Gasteiger partial charge on any atom is -0.408 e. The van der Waals surface area contributed by atoms with Gasteiger partial charge < -0.3 is 10.5 Å². The van der Waals surface area contributed by atoms with Gasteiger partial charge in [0.2, 0.25) is 0 Å². The Morgan fingerprint density at radius 1 is 0.973 bits per heavy atom. The molecular weight excluding hydrogens is 487 g/mol. The number of hydrogen-bond acceptors (Lipinski definition) is 2. The summed E-state index contributed by atoms with van der Waals surface area (Å²) < 4.78 is 0. The molecular formula is C30H43BN2O2Si2. The van der Waals surface area contributed by atoms with Gasteiger partial charge in [0.15, 0.2) is 11.1 Å². The van der Waals surface area contributed by atoms with Gasteiger partial charge in [-0.05, 0) is 57.6 Å². The summed E-state index contributed by atoms with van der Waals surface area (Å²) in [6.45, 7) is 21.8. The molecule has 1 fully saturated rings. The lowest BCUT2D eigenvalue weighted by Gasteiger charge is -2.46. The van der Waals surface area contributed by atoms with Gasteiger partial charge in [0.1, 0.15) is 15.9 Å². The van der Waals surface area contributed by atoms with Gasteiger partial charge in [-0.15, -0.1) is 0 Å². The molecule has 0 radical (unpaired) electrons. The average molecular weight is 531 g/mol. The minimum atomic E-state index is -2.45. The van der Waals surface area contributed by atoms with Crippen molar-refractivity contribution in [3.8, 4) is 11.1 Å². The summed E-state index contributed by atoms with van der Waals surface area (Å²) in [5.41, 5.74) is 10.1. The number of nitrogens with one attached hydrogen (secondary N) is 2. The van der Waals surface area contributed by atoms with E-state index in [0.717, 1.165) is 12.1 Å². The number of hydrogen-bond donors (Lipinski definition) is 2. The van der Waals surface area contributed by atoms with Crippen molar-refractivity contribution in [2.45, 2.75) is 86.0 Å². The van der Waals surface area contributed by atoms with Gasteiger partial charge in [-0.25, -0.2) is 0 Å². The molecule has 1 saturated heterocycles. The first-order valence-electron chi connectivity index (χ1n) is 13.8. The van der Waals surface area contributed by atoms with Crippen molar-refractivity contribution < 1.29 is 9.59 Å². The predicted octanol–water partition coefficient (Wildman–Crippen LogP) is 7.68. The maximum Gasteiger partial charge on any atom is 0.254 e. The van der Waals surface area contributed by atoms with Gasteiger partial charge in [0.05, 0.1) is 0 Å². The molecule has 2 aromatic rings. The lowest BCUT2D eigenvalue weighted by atomic mass is 9.88. The zero-order valence-electron chi connectivity index (χ0n) is 24.3.